The van der Waals surface area contributed by atoms with Gasteiger partial charge >= 0.3 is 12.3 Å². The van der Waals surface area contributed by atoms with Crippen LogP contribution in [0.2, 0.25) is 0 Å². The SMILES string of the molecule is O=C(C[n+]1ccccc1)N/N=C/c1ccccc1OC(F)(F)F. The zero-order valence-corrected chi connectivity index (χ0v) is 11.8. The highest BCUT2D eigenvalue weighted by atomic mass is 19.4. The molecule has 0 aliphatic rings. The van der Waals surface area contributed by atoms with Crippen molar-refractivity contribution in [3.8, 4) is 5.75 Å². The first-order valence-corrected chi connectivity index (χ1v) is 6.55. The Morgan fingerprint density at radius 2 is 1.87 bits per heavy atom. The highest BCUT2D eigenvalue weighted by molar-refractivity contribution is 5.84. The van der Waals surface area contributed by atoms with Crippen molar-refractivity contribution in [3.63, 3.8) is 0 Å². The van der Waals surface area contributed by atoms with Crippen LogP contribution in [0.3, 0.4) is 0 Å². The van der Waals surface area contributed by atoms with E-state index >= 15 is 0 Å². The fourth-order valence-corrected chi connectivity index (χ4v) is 1.72. The third-order valence-corrected chi connectivity index (χ3v) is 2.64. The van der Waals surface area contributed by atoms with Crippen molar-refractivity contribution in [2.45, 2.75) is 12.9 Å². The van der Waals surface area contributed by atoms with Crippen LogP contribution in [-0.4, -0.2) is 18.5 Å². The lowest BCUT2D eigenvalue weighted by Gasteiger charge is -2.10. The molecule has 0 saturated heterocycles. The van der Waals surface area contributed by atoms with E-state index in [4.69, 9.17) is 0 Å². The summed E-state index contributed by atoms with van der Waals surface area (Å²) in [7, 11) is 0. The minimum absolute atomic E-state index is 0.0406. The van der Waals surface area contributed by atoms with Crippen molar-refractivity contribution in [1.29, 1.82) is 0 Å². The normalized spacial score (nSPS) is 11.4. The highest BCUT2D eigenvalue weighted by Crippen LogP contribution is 2.24. The average molecular weight is 324 g/mol. The molecule has 0 bridgehead atoms. The van der Waals surface area contributed by atoms with Crippen LogP contribution < -0.4 is 14.7 Å². The van der Waals surface area contributed by atoms with Crippen molar-refractivity contribution in [2.75, 3.05) is 0 Å². The lowest BCUT2D eigenvalue weighted by Crippen LogP contribution is -2.40. The molecule has 1 N–H and O–H groups in total. The van der Waals surface area contributed by atoms with Gasteiger partial charge in [0.25, 0.3) is 0 Å². The topological polar surface area (TPSA) is 54.6 Å². The average Bonchev–Trinajstić information content (AvgIpc) is 2.48. The number of halogens is 3. The lowest BCUT2D eigenvalue weighted by atomic mass is 10.2. The Balaban J connectivity index is 1.97. The molecule has 1 heterocycles. The van der Waals surface area contributed by atoms with E-state index in [1.165, 1.54) is 18.2 Å². The van der Waals surface area contributed by atoms with Gasteiger partial charge in [0.1, 0.15) is 5.75 Å². The van der Waals surface area contributed by atoms with Crippen LogP contribution in [0.5, 0.6) is 5.75 Å². The predicted octanol–water partition coefficient (Wildman–Crippen LogP) is 2.02. The van der Waals surface area contributed by atoms with Crippen LogP contribution in [0.1, 0.15) is 5.56 Å². The molecule has 2 rings (SSSR count). The maximum absolute atomic E-state index is 12.3. The molecule has 1 amide bonds. The number of rotatable bonds is 5. The number of amides is 1. The summed E-state index contributed by atoms with van der Waals surface area (Å²) in [6, 6.07) is 10.8. The molecule has 1 aromatic carbocycles. The van der Waals surface area contributed by atoms with Gasteiger partial charge in [0, 0.05) is 17.7 Å². The van der Waals surface area contributed by atoms with Gasteiger partial charge in [0.15, 0.2) is 12.4 Å². The number of aromatic nitrogens is 1. The fraction of sp³-hybridized carbons (Fsp3) is 0.133. The largest absolute Gasteiger partial charge is 0.573 e. The van der Waals surface area contributed by atoms with Crippen molar-refractivity contribution < 1.29 is 27.3 Å². The number of carbonyl (C=O) groups is 1. The van der Waals surface area contributed by atoms with E-state index in [-0.39, 0.29) is 12.1 Å². The first-order chi connectivity index (χ1) is 10.9. The first kappa shape index (κ1) is 16.5. The Labute approximate surface area is 130 Å². The number of alkyl halides is 3. The molecular weight excluding hydrogens is 311 g/mol. The van der Waals surface area contributed by atoms with E-state index in [0.717, 1.165) is 12.3 Å². The second kappa shape index (κ2) is 7.39. The first-order valence-electron chi connectivity index (χ1n) is 6.55. The highest BCUT2D eigenvalue weighted by Gasteiger charge is 2.31. The van der Waals surface area contributed by atoms with Crippen LogP contribution in [0, 0.1) is 0 Å². The number of hydrogen-bond acceptors (Lipinski definition) is 3. The lowest BCUT2D eigenvalue weighted by molar-refractivity contribution is -0.684. The molecule has 0 aliphatic heterocycles. The molecule has 23 heavy (non-hydrogen) atoms. The van der Waals surface area contributed by atoms with Crippen LogP contribution in [-0.2, 0) is 11.3 Å². The van der Waals surface area contributed by atoms with Crippen molar-refractivity contribution >= 4 is 12.1 Å². The van der Waals surface area contributed by atoms with Gasteiger partial charge in [-0.25, -0.2) is 5.43 Å². The summed E-state index contributed by atoms with van der Waals surface area (Å²) in [4.78, 5) is 11.7. The van der Waals surface area contributed by atoms with Gasteiger partial charge in [-0.3, -0.25) is 4.79 Å². The Bertz CT molecular complexity index is 688. The van der Waals surface area contributed by atoms with E-state index in [2.05, 4.69) is 15.3 Å². The molecule has 0 aliphatic carbocycles. The van der Waals surface area contributed by atoms with Gasteiger partial charge in [-0.1, -0.05) is 18.2 Å². The van der Waals surface area contributed by atoms with Crippen LogP contribution >= 0.6 is 0 Å². The Morgan fingerprint density at radius 3 is 2.57 bits per heavy atom. The standard InChI is InChI=1S/C15H12F3N3O2/c16-15(17,18)23-13-7-3-2-6-12(13)10-19-20-14(22)11-21-8-4-1-5-9-21/h1-10H,11H2/p+1/b19-10+. The number of carbonyl (C=O) groups excluding carboxylic acids is 1. The third kappa shape index (κ3) is 5.77. The number of pyridine rings is 1. The summed E-state index contributed by atoms with van der Waals surface area (Å²) in [6.45, 7) is 0.0406. The van der Waals surface area contributed by atoms with E-state index in [1.54, 1.807) is 29.1 Å². The maximum atomic E-state index is 12.3. The number of para-hydroxylation sites is 1. The van der Waals surface area contributed by atoms with Gasteiger partial charge < -0.3 is 4.74 Å². The summed E-state index contributed by atoms with van der Waals surface area (Å²) in [6.07, 6.45) is -0.294. The summed E-state index contributed by atoms with van der Waals surface area (Å²) < 4.78 is 42.3. The molecular formula is C15H13F3N3O2+. The minimum Gasteiger partial charge on any atom is -0.405 e. The van der Waals surface area contributed by atoms with Crippen LogP contribution in [0.15, 0.2) is 60.0 Å². The van der Waals surface area contributed by atoms with Crippen LogP contribution in [0.25, 0.3) is 0 Å². The van der Waals surface area contributed by atoms with Gasteiger partial charge in [-0.2, -0.15) is 9.67 Å². The van der Waals surface area contributed by atoms with Gasteiger partial charge in [0.2, 0.25) is 6.54 Å². The van der Waals surface area contributed by atoms with Crippen LogP contribution in [0.4, 0.5) is 13.2 Å². The second-order valence-electron chi connectivity index (χ2n) is 4.43. The molecule has 0 spiro atoms. The minimum atomic E-state index is -4.79. The zero-order valence-electron chi connectivity index (χ0n) is 11.8. The maximum Gasteiger partial charge on any atom is 0.573 e. The van der Waals surface area contributed by atoms with Gasteiger partial charge in [-0.05, 0) is 12.1 Å². The summed E-state index contributed by atoms with van der Waals surface area (Å²) in [5.41, 5.74) is 2.34. The van der Waals surface area contributed by atoms with Gasteiger partial charge in [-0.15, -0.1) is 13.2 Å². The summed E-state index contributed by atoms with van der Waals surface area (Å²) in [5.74, 6) is -0.804. The molecule has 0 radical (unpaired) electrons. The number of benzene rings is 1. The van der Waals surface area contributed by atoms with Crippen molar-refractivity contribution in [3.05, 3.63) is 60.4 Å². The van der Waals surface area contributed by atoms with E-state index < -0.39 is 18.0 Å². The third-order valence-electron chi connectivity index (χ3n) is 2.64. The van der Waals surface area contributed by atoms with Gasteiger partial charge in [0.05, 0.1) is 6.21 Å². The number of nitrogens with one attached hydrogen (secondary N) is 1. The molecule has 0 saturated carbocycles. The summed E-state index contributed by atoms with van der Waals surface area (Å²) in [5, 5.41) is 3.64. The molecule has 1 aromatic heterocycles. The predicted molar refractivity (Wildman–Crippen MR) is 75.5 cm³/mol. The molecule has 0 unspecified atom stereocenters. The molecule has 0 atom stereocenters. The smallest absolute Gasteiger partial charge is 0.405 e. The molecule has 8 heteroatoms. The Morgan fingerprint density at radius 1 is 1.17 bits per heavy atom. The van der Waals surface area contributed by atoms with E-state index in [9.17, 15) is 18.0 Å². The molecule has 2 aromatic rings. The van der Waals surface area contributed by atoms with E-state index in [1.807, 2.05) is 6.07 Å². The molecule has 5 nitrogen and oxygen atoms in total. The van der Waals surface area contributed by atoms with Crippen molar-refractivity contribution in [1.82, 2.24) is 5.43 Å². The number of hydrogen-bond donors (Lipinski definition) is 1. The quantitative estimate of drug-likeness (QED) is 0.520. The second-order valence-corrected chi connectivity index (χ2v) is 4.43. The summed E-state index contributed by atoms with van der Waals surface area (Å²) >= 11 is 0. The number of hydrazone groups is 1. The zero-order chi connectivity index (χ0) is 16.7. The fourth-order valence-electron chi connectivity index (χ4n) is 1.72. The monoisotopic (exact) mass is 324 g/mol. The Hall–Kier alpha value is -2.90. The molecule has 0 fully saturated rings. The Kier molecular flexibility index (Phi) is 5.29. The molecule has 120 valence electrons. The number of nitrogens with zero attached hydrogens (tertiary/aromatic N) is 2. The van der Waals surface area contributed by atoms with Crippen molar-refractivity contribution in [2.24, 2.45) is 5.10 Å². The number of ether oxygens (including phenoxy) is 1. The van der Waals surface area contributed by atoms with E-state index in [0.29, 0.717) is 0 Å².